The van der Waals surface area contributed by atoms with Gasteiger partial charge in [0.25, 0.3) is 0 Å². The van der Waals surface area contributed by atoms with Crippen molar-refractivity contribution in [2.24, 2.45) is 0 Å². The molecule has 124 valence electrons. The Morgan fingerprint density at radius 2 is 2.12 bits per heavy atom. The number of ether oxygens (including phenoxy) is 1. The normalized spacial score (nSPS) is 18.1. The van der Waals surface area contributed by atoms with Crippen LogP contribution in [-0.2, 0) is 10.5 Å². The first-order valence-electron chi connectivity index (χ1n) is 7.98. The van der Waals surface area contributed by atoms with E-state index in [1.54, 1.807) is 18.5 Å². The minimum Gasteiger partial charge on any atom is -0.358 e. The summed E-state index contributed by atoms with van der Waals surface area (Å²) in [7, 11) is 0. The van der Waals surface area contributed by atoms with E-state index in [0.717, 1.165) is 42.1 Å². The van der Waals surface area contributed by atoms with E-state index in [-0.39, 0.29) is 12.0 Å². The number of nitrogens with zero attached hydrogens (tertiary/aromatic N) is 4. The van der Waals surface area contributed by atoms with Gasteiger partial charge in [-0.05, 0) is 30.9 Å². The van der Waals surface area contributed by atoms with E-state index in [1.165, 1.54) is 24.2 Å². The SMILES string of the molecule is Fc1ccccc1CSc1ncnc2c1ncn2[C@@H]1CCCCO1. The molecule has 7 heteroatoms. The highest BCUT2D eigenvalue weighted by Crippen LogP contribution is 2.30. The van der Waals surface area contributed by atoms with E-state index in [1.807, 2.05) is 10.6 Å². The molecule has 3 aromatic rings. The highest BCUT2D eigenvalue weighted by atomic mass is 32.2. The molecule has 0 N–H and O–H groups in total. The smallest absolute Gasteiger partial charge is 0.166 e. The molecule has 0 radical (unpaired) electrons. The van der Waals surface area contributed by atoms with Crippen LogP contribution in [0.4, 0.5) is 4.39 Å². The van der Waals surface area contributed by atoms with Gasteiger partial charge in [0.05, 0.1) is 6.33 Å². The third-order valence-corrected chi connectivity index (χ3v) is 5.14. The summed E-state index contributed by atoms with van der Waals surface area (Å²) in [5.74, 6) is 0.308. The number of imidazole rings is 1. The molecule has 1 aliphatic heterocycles. The lowest BCUT2D eigenvalue weighted by atomic mass is 10.2. The summed E-state index contributed by atoms with van der Waals surface area (Å²) in [6, 6.07) is 6.79. The Kier molecular flexibility index (Phi) is 4.44. The summed E-state index contributed by atoms with van der Waals surface area (Å²) in [5, 5.41) is 0.762. The van der Waals surface area contributed by atoms with Gasteiger partial charge in [0.1, 0.15) is 28.9 Å². The second-order valence-electron chi connectivity index (χ2n) is 5.70. The molecule has 0 aliphatic carbocycles. The molecular weight excluding hydrogens is 327 g/mol. The zero-order valence-corrected chi connectivity index (χ0v) is 13.9. The molecule has 0 unspecified atom stereocenters. The fourth-order valence-electron chi connectivity index (χ4n) is 2.85. The van der Waals surface area contributed by atoms with E-state index in [4.69, 9.17) is 4.74 Å². The van der Waals surface area contributed by atoms with E-state index < -0.39 is 0 Å². The maximum absolute atomic E-state index is 13.8. The van der Waals surface area contributed by atoms with Crippen LogP contribution in [0.5, 0.6) is 0 Å². The monoisotopic (exact) mass is 344 g/mol. The van der Waals surface area contributed by atoms with Gasteiger partial charge in [-0.2, -0.15) is 0 Å². The van der Waals surface area contributed by atoms with Crippen molar-refractivity contribution >= 4 is 22.9 Å². The summed E-state index contributed by atoms with van der Waals surface area (Å²) in [6.45, 7) is 0.768. The van der Waals surface area contributed by atoms with Crippen LogP contribution in [0.3, 0.4) is 0 Å². The van der Waals surface area contributed by atoms with Crippen molar-refractivity contribution in [3.05, 3.63) is 48.3 Å². The Balaban J connectivity index is 1.60. The molecule has 5 nitrogen and oxygen atoms in total. The first-order chi connectivity index (χ1) is 11.8. The van der Waals surface area contributed by atoms with Crippen molar-refractivity contribution < 1.29 is 9.13 Å². The molecule has 2 aromatic heterocycles. The number of benzene rings is 1. The zero-order chi connectivity index (χ0) is 16.4. The molecule has 4 rings (SSSR count). The highest BCUT2D eigenvalue weighted by Gasteiger charge is 2.20. The number of fused-ring (bicyclic) bond motifs is 1. The predicted molar refractivity (Wildman–Crippen MR) is 90.1 cm³/mol. The standard InChI is InChI=1S/C17H17FN4OS/c18-13-6-2-1-5-12(13)9-24-17-15-16(19-10-20-17)22(11-21-15)14-7-3-4-8-23-14/h1-2,5-6,10-11,14H,3-4,7-9H2/t14-/m0/s1. The van der Waals surface area contributed by atoms with E-state index in [9.17, 15) is 4.39 Å². The molecule has 0 saturated carbocycles. The fraction of sp³-hybridized carbons (Fsp3) is 0.353. The molecule has 1 atom stereocenters. The minimum atomic E-state index is -0.198. The van der Waals surface area contributed by atoms with Gasteiger partial charge in [-0.25, -0.2) is 19.3 Å². The van der Waals surface area contributed by atoms with Crippen LogP contribution in [0.25, 0.3) is 11.2 Å². The van der Waals surface area contributed by atoms with Crippen molar-refractivity contribution in [3.63, 3.8) is 0 Å². The number of hydrogen-bond acceptors (Lipinski definition) is 5. The summed E-state index contributed by atoms with van der Waals surface area (Å²) in [6.07, 6.45) is 6.50. The van der Waals surface area contributed by atoms with Gasteiger partial charge in [-0.1, -0.05) is 30.0 Å². The second kappa shape index (κ2) is 6.86. The quantitative estimate of drug-likeness (QED) is 0.530. The Morgan fingerprint density at radius 3 is 2.96 bits per heavy atom. The summed E-state index contributed by atoms with van der Waals surface area (Å²) in [4.78, 5) is 13.2. The average molecular weight is 344 g/mol. The predicted octanol–water partition coefficient (Wildman–Crippen LogP) is 3.96. The van der Waals surface area contributed by atoms with Gasteiger partial charge in [-0.3, -0.25) is 4.57 Å². The van der Waals surface area contributed by atoms with Crippen LogP contribution in [0.15, 0.2) is 41.9 Å². The van der Waals surface area contributed by atoms with Gasteiger partial charge >= 0.3 is 0 Å². The summed E-state index contributed by atoms with van der Waals surface area (Å²) >= 11 is 1.47. The molecule has 24 heavy (non-hydrogen) atoms. The Morgan fingerprint density at radius 1 is 1.21 bits per heavy atom. The first-order valence-corrected chi connectivity index (χ1v) is 8.97. The lowest BCUT2D eigenvalue weighted by molar-refractivity contribution is -0.0298. The molecule has 1 saturated heterocycles. The molecule has 0 spiro atoms. The largest absolute Gasteiger partial charge is 0.358 e. The number of halogens is 1. The number of rotatable bonds is 4. The van der Waals surface area contributed by atoms with Crippen molar-refractivity contribution in [2.45, 2.75) is 36.3 Å². The van der Waals surface area contributed by atoms with Crippen LogP contribution in [-0.4, -0.2) is 26.1 Å². The van der Waals surface area contributed by atoms with Crippen molar-refractivity contribution in [3.8, 4) is 0 Å². The fourth-order valence-corrected chi connectivity index (χ4v) is 3.78. The average Bonchev–Trinajstić information content (AvgIpc) is 3.06. The lowest BCUT2D eigenvalue weighted by Gasteiger charge is -2.23. The first kappa shape index (κ1) is 15.5. The number of aromatic nitrogens is 4. The topological polar surface area (TPSA) is 52.8 Å². The molecule has 1 fully saturated rings. The Labute approximate surface area is 143 Å². The van der Waals surface area contributed by atoms with Crippen LogP contribution < -0.4 is 0 Å². The highest BCUT2D eigenvalue weighted by molar-refractivity contribution is 7.98. The third-order valence-electron chi connectivity index (χ3n) is 4.11. The molecule has 1 aliphatic rings. The van der Waals surface area contributed by atoms with Crippen molar-refractivity contribution in [1.82, 2.24) is 19.5 Å². The van der Waals surface area contributed by atoms with Crippen LogP contribution in [0, 0.1) is 5.82 Å². The molecule has 3 heterocycles. The Bertz CT molecular complexity index is 847. The van der Waals surface area contributed by atoms with Gasteiger partial charge in [0.15, 0.2) is 5.65 Å². The number of hydrogen-bond donors (Lipinski definition) is 0. The molecular formula is C17H17FN4OS. The molecule has 1 aromatic carbocycles. The van der Waals surface area contributed by atoms with Crippen LogP contribution in [0.2, 0.25) is 0 Å². The molecule has 0 amide bonds. The van der Waals surface area contributed by atoms with Crippen LogP contribution >= 0.6 is 11.8 Å². The summed E-state index contributed by atoms with van der Waals surface area (Å²) in [5.41, 5.74) is 2.17. The maximum atomic E-state index is 13.8. The van der Waals surface area contributed by atoms with E-state index in [0.29, 0.717) is 11.3 Å². The molecule has 0 bridgehead atoms. The third kappa shape index (κ3) is 3.01. The maximum Gasteiger partial charge on any atom is 0.166 e. The minimum absolute atomic E-state index is 0.0110. The number of thioether (sulfide) groups is 1. The van der Waals surface area contributed by atoms with Crippen LogP contribution in [0.1, 0.15) is 31.1 Å². The van der Waals surface area contributed by atoms with Gasteiger partial charge in [0, 0.05) is 12.4 Å². The van der Waals surface area contributed by atoms with Crippen molar-refractivity contribution in [1.29, 1.82) is 0 Å². The van der Waals surface area contributed by atoms with E-state index >= 15 is 0 Å². The van der Waals surface area contributed by atoms with Gasteiger partial charge in [0.2, 0.25) is 0 Å². The zero-order valence-electron chi connectivity index (χ0n) is 13.1. The van der Waals surface area contributed by atoms with E-state index in [2.05, 4.69) is 15.0 Å². The lowest BCUT2D eigenvalue weighted by Crippen LogP contribution is -2.17. The Hall–Kier alpha value is -1.99. The van der Waals surface area contributed by atoms with Gasteiger partial charge < -0.3 is 4.74 Å². The van der Waals surface area contributed by atoms with Gasteiger partial charge in [-0.15, -0.1) is 0 Å². The van der Waals surface area contributed by atoms with Crippen molar-refractivity contribution in [2.75, 3.05) is 6.61 Å². The second-order valence-corrected chi connectivity index (χ2v) is 6.67. The summed E-state index contributed by atoms with van der Waals surface area (Å²) < 4.78 is 21.6.